The number of hydrogen-bond donors (Lipinski definition) is 2. The molecule has 0 aliphatic carbocycles. The van der Waals surface area contributed by atoms with Gasteiger partial charge >= 0.3 is 0 Å². The molecule has 7 heteroatoms. The average Bonchev–Trinajstić information content (AvgIpc) is 3.14. The zero-order chi connectivity index (χ0) is 20.5. The topological polar surface area (TPSA) is 47.8 Å². The minimum Gasteiger partial charge on any atom is -0.357 e. The normalized spacial score (nSPS) is 17.0. The van der Waals surface area contributed by atoms with E-state index < -0.39 is 0 Å². The van der Waals surface area contributed by atoms with Crippen LogP contribution in [-0.4, -0.2) is 79.7 Å². The molecule has 1 aromatic heterocycles. The molecule has 0 radical (unpaired) electrons. The van der Waals surface area contributed by atoms with Crippen molar-refractivity contribution in [2.45, 2.75) is 26.8 Å². The molecule has 30 heavy (non-hydrogen) atoms. The number of halogens is 1. The molecule has 0 amide bonds. The third-order valence-electron chi connectivity index (χ3n) is 5.62. The number of nitrogens with zero attached hydrogens (tertiary/aromatic N) is 4. The Balaban J connectivity index is 0.00000320. The molecule has 6 nitrogen and oxygen atoms in total. The van der Waals surface area contributed by atoms with Crippen LogP contribution in [0.4, 0.5) is 0 Å². The first-order valence-corrected chi connectivity index (χ1v) is 11.1. The molecular formula is C23H39IN6. The van der Waals surface area contributed by atoms with E-state index in [-0.39, 0.29) is 24.0 Å². The molecule has 0 bridgehead atoms. The number of piperazine rings is 1. The Morgan fingerprint density at radius 2 is 1.87 bits per heavy atom. The van der Waals surface area contributed by atoms with Crippen LogP contribution in [0.25, 0.3) is 10.9 Å². The summed E-state index contributed by atoms with van der Waals surface area (Å²) in [6.07, 6.45) is 3.25. The molecule has 2 heterocycles. The quantitative estimate of drug-likeness (QED) is 0.228. The van der Waals surface area contributed by atoms with Crippen LogP contribution in [0.3, 0.4) is 0 Å². The second kappa shape index (κ2) is 13.2. The predicted octanol–water partition coefficient (Wildman–Crippen LogP) is 3.09. The Labute approximate surface area is 199 Å². The van der Waals surface area contributed by atoms with Gasteiger partial charge in [0.2, 0.25) is 0 Å². The Bertz CT molecular complexity index is 766. The largest absolute Gasteiger partial charge is 0.357 e. The Hall–Kier alpha value is -1.32. The van der Waals surface area contributed by atoms with Crippen molar-refractivity contribution in [3.05, 3.63) is 36.5 Å². The molecule has 2 aromatic rings. The van der Waals surface area contributed by atoms with Gasteiger partial charge in [-0.2, -0.15) is 0 Å². The summed E-state index contributed by atoms with van der Waals surface area (Å²) in [5, 5.41) is 8.19. The van der Waals surface area contributed by atoms with E-state index in [1.807, 2.05) is 0 Å². The molecule has 168 valence electrons. The lowest BCUT2D eigenvalue weighted by Gasteiger charge is -2.33. The van der Waals surface area contributed by atoms with Gasteiger partial charge in [-0.15, -0.1) is 24.0 Å². The molecule has 0 saturated carbocycles. The van der Waals surface area contributed by atoms with E-state index in [2.05, 4.69) is 82.4 Å². The molecule has 1 aromatic carbocycles. The first kappa shape index (κ1) is 24.9. The van der Waals surface area contributed by atoms with Crippen LogP contribution in [0.1, 0.15) is 20.3 Å². The van der Waals surface area contributed by atoms with Gasteiger partial charge in [-0.25, -0.2) is 0 Å². The number of guanidine groups is 1. The lowest BCUT2D eigenvalue weighted by atomic mass is 10.1. The number of aryl methyl sites for hydroxylation is 1. The van der Waals surface area contributed by atoms with Crippen LogP contribution in [0, 0.1) is 5.92 Å². The summed E-state index contributed by atoms with van der Waals surface area (Å²) in [6, 6.07) is 10.8. The highest BCUT2D eigenvalue weighted by Crippen LogP contribution is 2.15. The van der Waals surface area contributed by atoms with E-state index in [1.54, 1.807) is 0 Å². The maximum absolute atomic E-state index is 4.83. The highest BCUT2D eigenvalue weighted by Gasteiger charge is 2.15. The second-order valence-electron chi connectivity index (χ2n) is 8.28. The van der Waals surface area contributed by atoms with Gasteiger partial charge in [0.1, 0.15) is 0 Å². The Morgan fingerprint density at radius 3 is 2.63 bits per heavy atom. The summed E-state index contributed by atoms with van der Waals surface area (Å²) in [7, 11) is 2.21. The standard InChI is InChI=1S/C23H38N6.HI/c1-4-24-23(26-18-20(2)19-28-16-14-27(3)15-17-28)25-11-7-12-29-13-10-21-8-5-6-9-22(21)29;/h5-6,8-10,13,20H,4,7,11-12,14-19H2,1-3H3,(H2,24,25,26);1H. The zero-order valence-electron chi connectivity index (χ0n) is 18.8. The van der Waals surface area contributed by atoms with Crippen molar-refractivity contribution < 1.29 is 0 Å². The monoisotopic (exact) mass is 526 g/mol. The summed E-state index contributed by atoms with van der Waals surface area (Å²) in [5.74, 6) is 1.51. The molecule has 1 saturated heterocycles. The number of aliphatic imine (C=N–C) groups is 1. The maximum Gasteiger partial charge on any atom is 0.191 e. The Kier molecular flexibility index (Phi) is 11.0. The molecule has 1 aliphatic rings. The van der Waals surface area contributed by atoms with Crippen molar-refractivity contribution in [2.24, 2.45) is 10.9 Å². The van der Waals surface area contributed by atoms with Crippen LogP contribution in [0.5, 0.6) is 0 Å². The van der Waals surface area contributed by atoms with E-state index >= 15 is 0 Å². The lowest BCUT2D eigenvalue weighted by Crippen LogP contribution is -2.46. The molecule has 1 fully saturated rings. The van der Waals surface area contributed by atoms with Crippen LogP contribution in [0.15, 0.2) is 41.5 Å². The summed E-state index contributed by atoms with van der Waals surface area (Å²) in [4.78, 5) is 9.81. The molecule has 3 rings (SSSR count). The van der Waals surface area contributed by atoms with Crippen molar-refractivity contribution in [1.82, 2.24) is 25.0 Å². The lowest BCUT2D eigenvalue weighted by molar-refractivity contribution is 0.140. The van der Waals surface area contributed by atoms with E-state index in [0.717, 1.165) is 45.1 Å². The van der Waals surface area contributed by atoms with E-state index in [0.29, 0.717) is 5.92 Å². The highest BCUT2D eigenvalue weighted by atomic mass is 127. The van der Waals surface area contributed by atoms with Crippen LogP contribution in [0.2, 0.25) is 0 Å². The minimum atomic E-state index is 0. The zero-order valence-corrected chi connectivity index (χ0v) is 21.1. The number of aromatic nitrogens is 1. The molecule has 1 unspecified atom stereocenters. The van der Waals surface area contributed by atoms with Crippen LogP contribution < -0.4 is 10.6 Å². The molecule has 1 aliphatic heterocycles. The number of benzene rings is 1. The third kappa shape index (κ3) is 7.74. The van der Waals surface area contributed by atoms with Gasteiger partial charge in [0.25, 0.3) is 0 Å². The highest BCUT2D eigenvalue weighted by molar-refractivity contribution is 14.0. The van der Waals surface area contributed by atoms with Gasteiger partial charge in [0, 0.05) is 70.6 Å². The van der Waals surface area contributed by atoms with Crippen molar-refractivity contribution in [2.75, 3.05) is 59.4 Å². The molecule has 2 N–H and O–H groups in total. The number of likely N-dealkylation sites (N-methyl/N-ethyl adjacent to an activating group) is 1. The van der Waals surface area contributed by atoms with Crippen molar-refractivity contribution in [1.29, 1.82) is 0 Å². The summed E-state index contributed by atoms with van der Waals surface area (Å²) >= 11 is 0. The van der Waals surface area contributed by atoms with Crippen LogP contribution in [-0.2, 0) is 6.54 Å². The van der Waals surface area contributed by atoms with E-state index in [4.69, 9.17) is 4.99 Å². The second-order valence-corrected chi connectivity index (χ2v) is 8.28. The smallest absolute Gasteiger partial charge is 0.191 e. The van der Waals surface area contributed by atoms with Gasteiger partial charge in [-0.1, -0.05) is 25.1 Å². The van der Waals surface area contributed by atoms with Gasteiger partial charge in [-0.05, 0) is 43.8 Å². The van der Waals surface area contributed by atoms with Crippen molar-refractivity contribution >= 4 is 40.8 Å². The van der Waals surface area contributed by atoms with Crippen molar-refractivity contribution in [3.63, 3.8) is 0 Å². The fourth-order valence-corrected chi connectivity index (χ4v) is 3.91. The van der Waals surface area contributed by atoms with Gasteiger partial charge in [-0.3, -0.25) is 4.99 Å². The molecule has 1 atom stereocenters. The van der Waals surface area contributed by atoms with Gasteiger partial charge in [0.05, 0.1) is 0 Å². The third-order valence-corrected chi connectivity index (χ3v) is 5.62. The van der Waals surface area contributed by atoms with E-state index in [1.165, 1.54) is 37.1 Å². The van der Waals surface area contributed by atoms with Crippen LogP contribution >= 0.6 is 24.0 Å². The maximum atomic E-state index is 4.83. The summed E-state index contributed by atoms with van der Waals surface area (Å²) in [5.41, 5.74) is 1.31. The van der Waals surface area contributed by atoms with Crippen molar-refractivity contribution in [3.8, 4) is 0 Å². The average molecular weight is 527 g/mol. The first-order valence-electron chi connectivity index (χ1n) is 11.1. The Morgan fingerprint density at radius 1 is 1.10 bits per heavy atom. The number of hydrogen-bond acceptors (Lipinski definition) is 3. The predicted molar refractivity (Wildman–Crippen MR) is 139 cm³/mol. The fourth-order valence-electron chi connectivity index (χ4n) is 3.91. The van der Waals surface area contributed by atoms with Gasteiger partial charge < -0.3 is 25.0 Å². The molecule has 0 spiro atoms. The number of para-hydroxylation sites is 1. The molecular weight excluding hydrogens is 487 g/mol. The summed E-state index contributed by atoms with van der Waals surface area (Å²) < 4.78 is 2.33. The summed E-state index contributed by atoms with van der Waals surface area (Å²) in [6.45, 7) is 14.0. The SMILES string of the molecule is CCNC(=NCC(C)CN1CCN(C)CC1)NCCCn1ccc2ccccc21.I. The number of nitrogens with one attached hydrogen (secondary N) is 2. The fraction of sp³-hybridized carbons (Fsp3) is 0.609. The first-order chi connectivity index (χ1) is 14.2. The minimum absolute atomic E-state index is 0. The number of fused-ring (bicyclic) bond motifs is 1. The number of rotatable bonds is 9. The van der Waals surface area contributed by atoms with E-state index in [9.17, 15) is 0 Å². The van der Waals surface area contributed by atoms with Gasteiger partial charge in [0.15, 0.2) is 5.96 Å².